The molecule has 118 valence electrons. The Morgan fingerprint density at radius 3 is 2.55 bits per heavy atom. The van der Waals surface area contributed by atoms with E-state index >= 15 is 0 Å². The Labute approximate surface area is 129 Å². The molecule has 0 spiro atoms. The highest BCUT2D eigenvalue weighted by molar-refractivity contribution is 6.35. The Morgan fingerprint density at radius 1 is 1.14 bits per heavy atom. The molecule has 0 radical (unpaired) electrons. The zero-order valence-electron chi connectivity index (χ0n) is 12.4. The topological polar surface area (TPSA) is 90.8 Å². The third-order valence-electron chi connectivity index (χ3n) is 3.65. The number of nitrogens with zero attached hydrogens (tertiary/aromatic N) is 1. The van der Waals surface area contributed by atoms with Crippen molar-refractivity contribution in [3.8, 4) is 5.75 Å². The zero-order valence-corrected chi connectivity index (χ0v) is 12.4. The van der Waals surface area contributed by atoms with E-state index in [4.69, 9.17) is 0 Å². The molecule has 2 amide bonds. The molecule has 22 heavy (non-hydrogen) atoms. The first-order chi connectivity index (χ1) is 10.6. The lowest BCUT2D eigenvalue weighted by Gasteiger charge is -2.14. The van der Waals surface area contributed by atoms with Crippen LogP contribution in [0.3, 0.4) is 0 Å². The highest BCUT2D eigenvalue weighted by Gasteiger charge is 2.19. The Morgan fingerprint density at radius 2 is 1.86 bits per heavy atom. The van der Waals surface area contributed by atoms with Crippen molar-refractivity contribution in [3.05, 3.63) is 29.8 Å². The van der Waals surface area contributed by atoms with Crippen LogP contribution < -0.4 is 10.7 Å². The average Bonchev–Trinajstić information content (AvgIpc) is 2.76. The average molecular weight is 303 g/mol. The first kappa shape index (κ1) is 16.0. The van der Waals surface area contributed by atoms with Crippen molar-refractivity contribution in [2.75, 3.05) is 0 Å². The fraction of sp³-hybridized carbons (Fsp3) is 0.438. The fourth-order valence-electron chi connectivity index (χ4n) is 2.50. The molecule has 1 saturated carbocycles. The number of aromatic hydroxyl groups is 1. The molecule has 6 nitrogen and oxygen atoms in total. The lowest BCUT2D eigenvalue weighted by Crippen LogP contribution is -2.43. The molecular weight excluding hydrogens is 282 g/mol. The Balaban J connectivity index is 1.79. The molecule has 0 unspecified atom stereocenters. The van der Waals surface area contributed by atoms with Crippen molar-refractivity contribution >= 4 is 18.0 Å². The van der Waals surface area contributed by atoms with Crippen molar-refractivity contribution in [3.63, 3.8) is 0 Å². The SMILES string of the molecule is O=C(N/N=C/c1cccc(O)c1)C(=O)NC1CCCCCC1. The number of hydrogen-bond donors (Lipinski definition) is 3. The van der Waals surface area contributed by atoms with E-state index in [0.717, 1.165) is 25.7 Å². The van der Waals surface area contributed by atoms with Crippen molar-refractivity contribution in [2.24, 2.45) is 5.10 Å². The van der Waals surface area contributed by atoms with Crippen molar-refractivity contribution in [2.45, 2.75) is 44.6 Å². The second-order valence-electron chi connectivity index (χ2n) is 5.46. The molecule has 1 fully saturated rings. The van der Waals surface area contributed by atoms with E-state index in [2.05, 4.69) is 15.8 Å². The van der Waals surface area contributed by atoms with Crippen LogP contribution in [0.1, 0.15) is 44.1 Å². The molecule has 0 bridgehead atoms. The van der Waals surface area contributed by atoms with Crippen molar-refractivity contribution in [1.29, 1.82) is 0 Å². The van der Waals surface area contributed by atoms with Crippen molar-refractivity contribution < 1.29 is 14.7 Å². The number of nitrogens with one attached hydrogen (secondary N) is 2. The second-order valence-corrected chi connectivity index (χ2v) is 5.46. The standard InChI is InChI=1S/C16H21N3O3/c20-14-9-5-6-12(10-14)11-17-19-16(22)15(21)18-13-7-3-1-2-4-8-13/h5-6,9-11,13,20H,1-4,7-8H2,(H,18,21)(H,19,22)/b17-11+. The Bertz CT molecular complexity index is 549. The van der Waals surface area contributed by atoms with Gasteiger partial charge in [-0.05, 0) is 30.5 Å². The molecule has 1 aliphatic carbocycles. The zero-order chi connectivity index (χ0) is 15.8. The molecule has 0 saturated heterocycles. The summed E-state index contributed by atoms with van der Waals surface area (Å²) in [6.07, 6.45) is 7.76. The van der Waals surface area contributed by atoms with Crippen LogP contribution in [0.4, 0.5) is 0 Å². The van der Waals surface area contributed by atoms with Gasteiger partial charge in [0.15, 0.2) is 0 Å². The van der Waals surface area contributed by atoms with Gasteiger partial charge in [0.05, 0.1) is 6.21 Å². The molecule has 6 heteroatoms. The Hall–Kier alpha value is -2.37. The predicted molar refractivity (Wildman–Crippen MR) is 83.5 cm³/mol. The van der Waals surface area contributed by atoms with E-state index in [0.29, 0.717) is 5.56 Å². The van der Waals surface area contributed by atoms with Crippen LogP contribution in [-0.4, -0.2) is 29.2 Å². The molecule has 0 aliphatic heterocycles. The Kier molecular flexibility index (Phi) is 5.94. The van der Waals surface area contributed by atoms with Gasteiger partial charge in [0.2, 0.25) is 0 Å². The van der Waals surface area contributed by atoms with Gasteiger partial charge in [-0.25, -0.2) is 5.43 Å². The van der Waals surface area contributed by atoms with Gasteiger partial charge in [-0.3, -0.25) is 9.59 Å². The first-order valence-electron chi connectivity index (χ1n) is 7.58. The number of rotatable bonds is 3. The number of amides is 2. The number of phenols is 1. The lowest BCUT2D eigenvalue weighted by molar-refractivity contribution is -0.139. The molecule has 1 aliphatic rings. The van der Waals surface area contributed by atoms with Gasteiger partial charge >= 0.3 is 11.8 Å². The molecule has 0 heterocycles. The van der Waals surface area contributed by atoms with Gasteiger partial charge < -0.3 is 10.4 Å². The molecule has 0 aromatic heterocycles. The minimum Gasteiger partial charge on any atom is -0.508 e. The van der Waals surface area contributed by atoms with E-state index in [-0.39, 0.29) is 11.8 Å². The maximum Gasteiger partial charge on any atom is 0.329 e. The van der Waals surface area contributed by atoms with E-state index in [1.807, 2.05) is 0 Å². The molecule has 1 aromatic rings. The summed E-state index contributed by atoms with van der Waals surface area (Å²) in [6, 6.07) is 6.51. The maximum absolute atomic E-state index is 11.8. The molecular formula is C16H21N3O3. The molecule has 2 rings (SSSR count). The van der Waals surface area contributed by atoms with Crippen LogP contribution >= 0.6 is 0 Å². The third kappa shape index (κ3) is 5.20. The summed E-state index contributed by atoms with van der Waals surface area (Å²) in [5.41, 5.74) is 2.82. The van der Waals surface area contributed by atoms with Crippen LogP contribution in [0.25, 0.3) is 0 Å². The third-order valence-corrected chi connectivity index (χ3v) is 3.65. The number of phenolic OH excluding ortho intramolecular Hbond substituents is 1. The highest BCUT2D eigenvalue weighted by Crippen LogP contribution is 2.17. The quantitative estimate of drug-likeness (QED) is 0.343. The minimum atomic E-state index is -0.777. The highest BCUT2D eigenvalue weighted by atomic mass is 16.3. The number of hydrogen-bond acceptors (Lipinski definition) is 4. The van der Waals surface area contributed by atoms with Gasteiger partial charge in [-0.15, -0.1) is 0 Å². The number of carbonyl (C=O) groups excluding carboxylic acids is 2. The summed E-state index contributed by atoms with van der Waals surface area (Å²) in [5, 5.41) is 15.8. The van der Waals surface area contributed by atoms with Gasteiger partial charge in [-0.1, -0.05) is 37.8 Å². The van der Waals surface area contributed by atoms with E-state index in [9.17, 15) is 14.7 Å². The van der Waals surface area contributed by atoms with Gasteiger partial charge in [0.25, 0.3) is 0 Å². The van der Waals surface area contributed by atoms with Crippen LogP contribution in [0, 0.1) is 0 Å². The summed E-state index contributed by atoms with van der Waals surface area (Å²) in [5.74, 6) is -1.32. The number of benzene rings is 1. The summed E-state index contributed by atoms with van der Waals surface area (Å²) in [6.45, 7) is 0. The maximum atomic E-state index is 11.8. The van der Waals surface area contributed by atoms with E-state index < -0.39 is 11.8 Å². The predicted octanol–water partition coefficient (Wildman–Crippen LogP) is 1.68. The normalized spacial score (nSPS) is 16.2. The van der Waals surface area contributed by atoms with Crippen LogP contribution in [0.2, 0.25) is 0 Å². The summed E-state index contributed by atoms with van der Waals surface area (Å²) in [7, 11) is 0. The summed E-state index contributed by atoms with van der Waals surface area (Å²) >= 11 is 0. The van der Waals surface area contributed by atoms with Crippen molar-refractivity contribution in [1.82, 2.24) is 10.7 Å². The van der Waals surface area contributed by atoms with Crippen LogP contribution in [-0.2, 0) is 9.59 Å². The largest absolute Gasteiger partial charge is 0.508 e. The minimum absolute atomic E-state index is 0.0794. The smallest absolute Gasteiger partial charge is 0.329 e. The summed E-state index contributed by atoms with van der Waals surface area (Å²) < 4.78 is 0. The molecule has 0 atom stereocenters. The first-order valence-corrected chi connectivity index (χ1v) is 7.58. The van der Waals surface area contributed by atoms with Gasteiger partial charge in [0.1, 0.15) is 5.75 Å². The van der Waals surface area contributed by atoms with Gasteiger partial charge in [0, 0.05) is 6.04 Å². The summed E-state index contributed by atoms with van der Waals surface area (Å²) in [4.78, 5) is 23.5. The van der Waals surface area contributed by atoms with Crippen LogP contribution in [0.15, 0.2) is 29.4 Å². The number of hydrazone groups is 1. The second kappa shape index (κ2) is 8.17. The monoisotopic (exact) mass is 303 g/mol. The van der Waals surface area contributed by atoms with Gasteiger partial charge in [-0.2, -0.15) is 5.10 Å². The molecule has 3 N–H and O–H groups in total. The number of carbonyl (C=O) groups is 2. The van der Waals surface area contributed by atoms with Crippen LogP contribution in [0.5, 0.6) is 5.75 Å². The molecule has 1 aromatic carbocycles. The fourth-order valence-corrected chi connectivity index (χ4v) is 2.50. The van der Waals surface area contributed by atoms with E-state index in [1.165, 1.54) is 31.2 Å². The lowest BCUT2D eigenvalue weighted by atomic mass is 10.1. The van der Waals surface area contributed by atoms with E-state index in [1.54, 1.807) is 12.1 Å².